The summed E-state index contributed by atoms with van der Waals surface area (Å²) in [7, 11) is 0. The van der Waals surface area contributed by atoms with E-state index in [1.165, 1.54) is 0 Å². The Morgan fingerprint density at radius 3 is 2.69 bits per heavy atom. The maximum atomic E-state index is 11.8. The molecule has 1 N–H and O–H groups in total. The van der Waals surface area contributed by atoms with E-state index in [0.717, 1.165) is 19.4 Å². The maximum Gasteiger partial charge on any atom is 0.410 e. The fourth-order valence-electron chi connectivity index (χ4n) is 2.72. The average molecular weight is 227 g/mol. The normalized spacial score (nSPS) is 33.2. The Morgan fingerprint density at radius 1 is 1.44 bits per heavy atom. The molecule has 16 heavy (non-hydrogen) atoms. The molecule has 2 fully saturated rings. The fraction of sp³-hybridized carbons (Fsp3) is 0.917. The molecule has 1 aliphatic carbocycles. The van der Waals surface area contributed by atoms with Crippen molar-refractivity contribution in [2.75, 3.05) is 13.2 Å². The van der Waals surface area contributed by atoms with Gasteiger partial charge in [0.1, 0.15) is 5.60 Å². The molecule has 0 aromatic rings. The molecule has 1 saturated carbocycles. The summed E-state index contributed by atoms with van der Waals surface area (Å²) in [5.41, 5.74) is -0.419. The van der Waals surface area contributed by atoms with Crippen LogP contribution in [0.4, 0.5) is 4.79 Å². The van der Waals surface area contributed by atoms with Crippen molar-refractivity contribution in [2.24, 2.45) is 11.8 Å². The zero-order chi connectivity index (χ0) is 11.9. The van der Waals surface area contributed by atoms with Crippen LogP contribution >= 0.6 is 0 Å². The summed E-state index contributed by atoms with van der Waals surface area (Å²) in [5, 5.41) is 9.11. The first-order chi connectivity index (χ1) is 7.40. The lowest BCUT2D eigenvalue weighted by Gasteiger charge is -2.44. The van der Waals surface area contributed by atoms with Crippen LogP contribution in [-0.4, -0.2) is 40.9 Å². The predicted molar refractivity (Wildman–Crippen MR) is 60.0 cm³/mol. The number of hydrogen-bond donors (Lipinski definition) is 1. The number of carbonyl (C=O) groups is 1. The van der Waals surface area contributed by atoms with Crippen molar-refractivity contribution in [1.82, 2.24) is 4.90 Å². The van der Waals surface area contributed by atoms with Crippen molar-refractivity contribution in [3.05, 3.63) is 0 Å². The van der Waals surface area contributed by atoms with Crippen LogP contribution in [-0.2, 0) is 4.74 Å². The topological polar surface area (TPSA) is 49.8 Å². The van der Waals surface area contributed by atoms with E-state index >= 15 is 0 Å². The molecule has 2 aliphatic rings. The molecule has 1 aliphatic heterocycles. The number of rotatable bonds is 1. The standard InChI is InChI=1S/C12H21NO3/c1-12(2,3)16-11(15)13-6-9-4-8(7-14)5-10(9)13/h8-10,14H,4-7H2,1-3H3/t8-,9+,10+/m1/s1. The van der Waals surface area contributed by atoms with E-state index in [1.54, 1.807) is 0 Å². The summed E-state index contributed by atoms with van der Waals surface area (Å²) in [6, 6.07) is 0.312. The molecule has 2 rings (SSSR count). The highest BCUT2D eigenvalue weighted by Crippen LogP contribution is 2.42. The van der Waals surface area contributed by atoms with E-state index < -0.39 is 5.60 Å². The smallest absolute Gasteiger partial charge is 0.410 e. The van der Waals surface area contributed by atoms with Gasteiger partial charge in [-0.2, -0.15) is 0 Å². The molecule has 0 spiro atoms. The summed E-state index contributed by atoms with van der Waals surface area (Å²) < 4.78 is 5.34. The number of ether oxygens (including phenoxy) is 1. The number of carbonyl (C=O) groups excluding carboxylic acids is 1. The summed E-state index contributed by atoms with van der Waals surface area (Å²) in [5.74, 6) is 0.965. The molecule has 1 amide bonds. The van der Waals surface area contributed by atoms with Gasteiger partial charge in [0, 0.05) is 19.2 Å². The van der Waals surface area contributed by atoms with Crippen LogP contribution in [0.25, 0.3) is 0 Å². The Bertz CT molecular complexity index is 284. The van der Waals surface area contributed by atoms with Crippen molar-refractivity contribution < 1.29 is 14.6 Å². The van der Waals surface area contributed by atoms with E-state index in [2.05, 4.69) is 0 Å². The molecule has 3 atom stereocenters. The number of likely N-dealkylation sites (tertiary alicyclic amines) is 1. The number of fused-ring (bicyclic) bond motifs is 1. The Morgan fingerprint density at radius 2 is 2.12 bits per heavy atom. The minimum atomic E-state index is -0.419. The lowest BCUT2D eigenvalue weighted by Crippen LogP contribution is -2.57. The van der Waals surface area contributed by atoms with Crippen molar-refractivity contribution >= 4 is 6.09 Å². The van der Waals surface area contributed by atoms with Crippen LogP contribution in [0.2, 0.25) is 0 Å². The van der Waals surface area contributed by atoms with Crippen molar-refractivity contribution in [3.8, 4) is 0 Å². The monoisotopic (exact) mass is 227 g/mol. The maximum absolute atomic E-state index is 11.8. The first kappa shape index (κ1) is 11.7. The highest BCUT2D eigenvalue weighted by Gasteiger charge is 2.49. The third kappa shape index (κ3) is 2.17. The van der Waals surface area contributed by atoms with E-state index in [1.807, 2.05) is 25.7 Å². The van der Waals surface area contributed by atoms with E-state index in [-0.39, 0.29) is 12.7 Å². The molecule has 0 unspecified atom stereocenters. The number of aliphatic hydroxyl groups is 1. The van der Waals surface area contributed by atoms with Gasteiger partial charge in [-0.25, -0.2) is 4.79 Å². The minimum Gasteiger partial charge on any atom is -0.444 e. The van der Waals surface area contributed by atoms with Gasteiger partial charge in [-0.15, -0.1) is 0 Å². The van der Waals surface area contributed by atoms with Crippen LogP contribution in [0.3, 0.4) is 0 Å². The molecule has 4 nitrogen and oxygen atoms in total. The number of aliphatic hydroxyl groups excluding tert-OH is 1. The number of hydrogen-bond acceptors (Lipinski definition) is 3. The molecular formula is C12H21NO3. The second kappa shape index (κ2) is 3.91. The van der Waals surface area contributed by atoms with Crippen LogP contribution in [0.1, 0.15) is 33.6 Å². The van der Waals surface area contributed by atoms with Gasteiger partial charge in [-0.05, 0) is 45.4 Å². The zero-order valence-electron chi connectivity index (χ0n) is 10.3. The molecule has 92 valence electrons. The third-order valence-electron chi connectivity index (χ3n) is 3.47. The van der Waals surface area contributed by atoms with Crippen LogP contribution < -0.4 is 0 Å². The van der Waals surface area contributed by atoms with E-state index in [0.29, 0.717) is 17.9 Å². The Hall–Kier alpha value is -0.770. The summed E-state index contributed by atoms with van der Waals surface area (Å²) in [6.45, 7) is 6.69. The van der Waals surface area contributed by atoms with Gasteiger partial charge in [-0.1, -0.05) is 0 Å². The largest absolute Gasteiger partial charge is 0.444 e. The lowest BCUT2D eigenvalue weighted by atomic mass is 9.93. The number of amides is 1. The third-order valence-corrected chi connectivity index (χ3v) is 3.47. The average Bonchev–Trinajstić information content (AvgIpc) is 2.41. The lowest BCUT2D eigenvalue weighted by molar-refractivity contribution is -0.0210. The van der Waals surface area contributed by atoms with Crippen molar-refractivity contribution in [1.29, 1.82) is 0 Å². The number of nitrogens with zero attached hydrogens (tertiary/aromatic N) is 1. The molecule has 0 aromatic heterocycles. The minimum absolute atomic E-state index is 0.202. The van der Waals surface area contributed by atoms with E-state index in [4.69, 9.17) is 9.84 Å². The van der Waals surface area contributed by atoms with Gasteiger partial charge >= 0.3 is 6.09 Å². The van der Waals surface area contributed by atoms with Crippen molar-refractivity contribution in [3.63, 3.8) is 0 Å². The first-order valence-corrected chi connectivity index (χ1v) is 6.01. The van der Waals surface area contributed by atoms with Gasteiger partial charge < -0.3 is 14.7 Å². The summed E-state index contributed by atoms with van der Waals surface area (Å²) in [4.78, 5) is 13.6. The Balaban J connectivity index is 1.88. The van der Waals surface area contributed by atoms with Crippen LogP contribution in [0, 0.1) is 11.8 Å². The quantitative estimate of drug-likeness (QED) is 0.740. The van der Waals surface area contributed by atoms with E-state index in [9.17, 15) is 4.79 Å². The molecule has 0 aromatic carbocycles. The SMILES string of the molecule is CC(C)(C)OC(=O)N1C[C@@H]2C[C@@H](CO)C[C@@H]21. The molecule has 4 heteroatoms. The highest BCUT2D eigenvalue weighted by atomic mass is 16.6. The molecule has 1 saturated heterocycles. The Labute approximate surface area is 96.6 Å². The van der Waals surface area contributed by atoms with Gasteiger partial charge in [0.2, 0.25) is 0 Å². The first-order valence-electron chi connectivity index (χ1n) is 6.01. The van der Waals surface area contributed by atoms with Gasteiger partial charge in [0.15, 0.2) is 0 Å². The Kier molecular flexibility index (Phi) is 2.86. The molecular weight excluding hydrogens is 206 g/mol. The van der Waals surface area contributed by atoms with Crippen LogP contribution in [0.15, 0.2) is 0 Å². The zero-order valence-corrected chi connectivity index (χ0v) is 10.3. The molecule has 0 bridgehead atoms. The second-order valence-corrected chi connectivity index (χ2v) is 5.98. The molecule has 0 radical (unpaired) electrons. The van der Waals surface area contributed by atoms with Gasteiger partial charge in [-0.3, -0.25) is 0 Å². The van der Waals surface area contributed by atoms with Gasteiger partial charge in [0.25, 0.3) is 0 Å². The highest BCUT2D eigenvalue weighted by molar-refractivity contribution is 5.70. The predicted octanol–water partition coefficient (Wildman–Crippen LogP) is 1.62. The summed E-state index contributed by atoms with van der Waals surface area (Å²) >= 11 is 0. The second-order valence-electron chi connectivity index (χ2n) is 5.98. The van der Waals surface area contributed by atoms with Crippen LogP contribution in [0.5, 0.6) is 0 Å². The van der Waals surface area contributed by atoms with Gasteiger partial charge in [0.05, 0.1) is 0 Å². The summed E-state index contributed by atoms with van der Waals surface area (Å²) in [6.07, 6.45) is 1.79. The van der Waals surface area contributed by atoms with Crippen molar-refractivity contribution in [2.45, 2.75) is 45.3 Å². The fourth-order valence-corrected chi connectivity index (χ4v) is 2.72. The molecule has 1 heterocycles.